The van der Waals surface area contributed by atoms with Crippen molar-refractivity contribution in [2.75, 3.05) is 19.4 Å². The lowest BCUT2D eigenvalue weighted by Gasteiger charge is -2.37. The van der Waals surface area contributed by atoms with Gasteiger partial charge in [0.05, 0.1) is 12.1 Å². The van der Waals surface area contributed by atoms with Gasteiger partial charge in [-0.25, -0.2) is 0 Å². The van der Waals surface area contributed by atoms with E-state index in [0.717, 1.165) is 31.4 Å². The second kappa shape index (κ2) is 7.17. The molecular formula is C18H25N3. The number of nitrogens with one attached hydrogen (secondary N) is 1. The summed E-state index contributed by atoms with van der Waals surface area (Å²) < 4.78 is 0. The molecule has 0 aliphatic heterocycles. The van der Waals surface area contributed by atoms with Crippen LogP contribution in [0.2, 0.25) is 0 Å². The Balaban J connectivity index is 2.18. The van der Waals surface area contributed by atoms with Gasteiger partial charge >= 0.3 is 0 Å². The van der Waals surface area contributed by atoms with Crippen molar-refractivity contribution in [1.29, 1.82) is 5.26 Å². The first-order valence-corrected chi connectivity index (χ1v) is 7.71. The van der Waals surface area contributed by atoms with Crippen LogP contribution in [0, 0.1) is 23.2 Å². The van der Waals surface area contributed by atoms with Gasteiger partial charge in [-0.1, -0.05) is 18.7 Å². The molecule has 0 spiro atoms. The van der Waals surface area contributed by atoms with Crippen LogP contribution >= 0.6 is 0 Å². The zero-order valence-corrected chi connectivity index (χ0v) is 13.0. The molecule has 0 saturated heterocycles. The highest BCUT2D eigenvalue weighted by Gasteiger charge is 2.30. The molecule has 1 saturated carbocycles. The van der Waals surface area contributed by atoms with Gasteiger partial charge in [0.1, 0.15) is 0 Å². The lowest BCUT2D eigenvalue weighted by atomic mass is 9.76. The summed E-state index contributed by atoms with van der Waals surface area (Å²) in [6.45, 7) is 3.93. The quantitative estimate of drug-likeness (QED) is 0.881. The second-order valence-corrected chi connectivity index (χ2v) is 5.91. The van der Waals surface area contributed by atoms with Crippen molar-refractivity contribution < 1.29 is 0 Å². The highest BCUT2D eigenvalue weighted by molar-refractivity contribution is 5.44. The summed E-state index contributed by atoms with van der Waals surface area (Å²) >= 11 is 0. The van der Waals surface area contributed by atoms with E-state index >= 15 is 0 Å². The van der Waals surface area contributed by atoms with Gasteiger partial charge in [-0.2, -0.15) is 5.26 Å². The average Bonchev–Trinajstić information content (AvgIpc) is 2.56. The van der Waals surface area contributed by atoms with Crippen LogP contribution in [0.25, 0.3) is 0 Å². The Labute approximate surface area is 128 Å². The fourth-order valence-corrected chi connectivity index (χ4v) is 3.36. The Kier molecular flexibility index (Phi) is 5.27. The maximum Gasteiger partial charge on any atom is 0.0655 e. The lowest BCUT2D eigenvalue weighted by Crippen LogP contribution is -2.29. The number of nitrogens with zero attached hydrogens (tertiary/aromatic N) is 2. The molecule has 1 aliphatic rings. The molecule has 0 bridgehead atoms. The number of benzene rings is 1. The molecular weight excluding hydrogens is 258 g/mol. The van der Waals surface area contributed by atoms with Crippen LogP contribution in [-0.2, 0) is 0 Å². The van der Waals surface area contributed by atoms with Gasteiger partial charge in [0, 0.05) is 25.7 Å². The standard InChI is InChI=1S/C18H25N3/c1-4-21(3)18(15-7-5-14(13-19)6-8-15)16-9-11-17(20-2)12-10-16/h4,9-12,14-15,18,20H,1,5-8H2,2-3H3/t14?,15?,18-/m0/s1. The van der Waals surface area contributed by atoms with Crippen LogP contribution < -0.4 is 5.32 Å². The molecule has 21 heavy (non-hydrogen) atoms. The normalized spacial score (nSPS) is 22.9. The highest BCUT2D eigenvalue weighted by atomic mass is 15.1. The summed E-state index contributed by atoms with van der Waals surface area (Å²) in [6.07, 6.45) is 6.20. The third-order valence-corrected chi connectivity index (χ3v) is 4.67. The molecule has 1 N–H and O–H groups in total. The molecule has 3 nitrogen and oxygen atoms in total. The predicted octanol–water partition coefficient (Wildman–Crippen LogP) is 4.17. The average molecular weight is 283 g/mol. The first kappa shape index (κ1) is 15.4. The van der Waals surface area contributed by atoms with Gasteiger partial charge in [0.2, 0.25) is 0 Å². The Hall–Kier alpha value is -1.95. The molecule has 3 heteroatoms. The first-order valence-electron chi connectivity index (χ1n) is 7.71. The van der Waals surface area contributed by atoms with E-state index in [0.29, 0.717) is 12.0 Å². The third-order valence-electron chi connectivity index (χ3n) is 4.67. The predicted molar refractivity (Wildman–Crippen MR) is 87.8 cm³/mol. The van der Waals surface area contributed by atoms with E-state index in [9.17, 15) is 0 Å². The van der Waals surface area contributed by atoms with Gasteiger partial charge in [-0.15, -0.1) is 0 Å². The molecule has 0 radical (unpaired) electrons. The van der Waals surface area contributed by atoms with Gasteiger partial charge in [-0.3, -0.25) is 0 Å². The Morgan fingerprint density at radius 3 is 2.38 bits per heavy atom. The molecule has 112 valence electrons. The van der Waals surface area contributed by atoms with Crippen molar-refractivity contribution in [2.45, 2.75) is 31.7 Å². The molecule has 0 amide bonds. The minimum absolute atomic E-state index is 0.252. The Morgan fingerprint density at radius 2 is 1.90 bits per heavy atom. The number of rotatable bonds is 5. The zero-order valence-electron chi connectivity index (χ0n) is 13.0. The molecule has 2 rings (SSSR count). The number of anilines is 1. The fraction of sp³-hybridized carbons (Fsp3) is 0.500. The van der Waals surface area contributed by atoms with Crippen molar-refractivity contribution in [1.82, 2.24) is 4.90 Å². The lowest BCUT2D eigenvalue weighted by molar-refractivity contribution is 0.177. The Bertz CT molecular complexity index is 492. The fourth-order valence-electron chi connectivity index (χ4n) is 3.36. The van der Waals surface area contributed by atoms with Crippen LogP contribution in [-0.4, -0.2) is 19.0 Å². The van der Waals surface area contributed by atoms with E-state index < -0.39 is 0 Å². The van der Waals surface area contributed by atoms with E-state index in [-0.39, 0.29) is 5.92 Å². The molecule has 0 aromatic heterocycles. The van der Waals surface area contributed by atoms with E-state index in [1.54, 1.807) is 0 Å². The minimum Gasteiger partial charge on any atom is -0.388 e. The third kappa shape index (κ3) is 3.58. The van der Waals surface area contributed by atoms with Crippen LogP contribution in [0.4, 0.5) is 5.69 Å². The highest BCUT2D eigenvalue weighted by Crippen LogP contribution is 2.39. The summed E-state index contributed by atoms with van der Waals surface area (Å²) in [6, 6.07) is 11.4. The maximum atomic E-state index is 9.06. The Morgan fingerprint density at radius 1 is 1.29 bits per heavy atom. The summed E-state index contributed by atoms with van der Waals surface area (Å²) in [5.41, 5.74) is 2.46. The van der Waals surface area contributed by atoms with Crippen molar-refractivity contribution >= 4 is 5.69 Å². The summed E-state index contributed by atoms with van der Waals surface area (Å²) in [5.74, 6) is 0.848. The first-order chi connectivity index (χ1) is 10.2. The molecule has 1 fully saturated rings. The van der Waals surface area contributed by atoms with E-state index in [1.165, 1.54) is 5.56 Å². The molecule has 1 atom stereocenters. The minimum atomic E-state index is 0.252. The second-order valence-electron chi connectivity index (χ2n) is 5.91. The summed E-state index contributed by atoms with van der Waals surface area (Å²) in [7, 11) is 4.03. The molecule has 0 unspecified atom stereocenters. The largest absolute Gasteiger partial charge is 0.388 e. The van der Waals surface area contributed by atoms with Crippen molar-refractivity contribution in [3.05, 3.63) is 42.6 Å². The molecule has 1 aliphatic carbocycles. The molecule has 0 heterocycles. The van der Waals surface area contributed by atoms with Crippen LogP contribution in [0.1, 0.15) is 37.3 Å². The van der Waals surface area contributed by atoms with Crippen molar-refractivity contribution in [2.24, 2.45) is 11.8 Å². The topological polar surface area (TPSA) is 39.1 Å². The van der Waals surface area contributed by atoms with Gasteiger partial charge in [0.25, 0.3) is 0 Å². The summed E-state index contributed by atoms with van der Waals surface area (Å²) in [5, 5.41) is 12.2. The van der Waals surface area contributed by atoms with E-state index in [4.69, 9.17) is 5.26 Å². The smallest absolute Gasteiger partial charge is 0.0655 e. The van der Waals surface area contributed by atoms with E-state index in [1.807, 2.05) is 13.2 Å². The van der Waals surface area contributed by atoms with Crippen LogP contribution in [0.3, 0.4) is 0 Å². The monoisotopic (exact) mass is 283 g/mol. The van der Waals surface area contributed by atoms with E-state index in [2.05, 4.69) is 54.2 Å². The van der Waals surface area contributed by atoms with Crippen LogP contribution in [0.5, 0.6) is 0 Å². The summed E-state index contributed by atoms with van der Waals surface area (Å²) in [4.78, 5) is 2.21. The van der Waals surface area contributed by atoms with Gasteiger partial charge < -0.3 is 10.2 Å². The maximum absolute atomic E-state index is 9.06. The number of nitriles is 1. The number of hydrogen-bond donors (Lipinski definition) is 1. The van der Waals surface area contributed by atoms with Crippen LogP contribution in [0.15, 0.2) is 37.0 Å². The molecule has 1 aromatic carbocycles. The van der Waals surface area contributed by atoms with Crippen molar-refractivity contribution in [3.63, 3.8) is 0 Å². The van der Waals surface area contributed by atoms with Crippen molar-refractivity contribution in [3.8, 4) is 6.07 Å². The zero-order chi connectivity index (χ0) is 15.2. The number of hydrogen-bond acceptors (Lipinski definition) is 3. The van der Waals surface area contributed by atoms with Gasteiger partial charge in [-0.05, 0) is 55.5 Å². The SMILES string of the molecule is C=CN(C)[C@H](c1ccc(NC)cc1)C1CCC(C#N)CC1. The molecule has 1 aromatic rings. The van der Waals surface area contributed by atoms with Gasteiger partial charge in [0.15, 0.2) is 0 Å².